The van der Waals surface area contributed by atoms with Crippen molar-refractivity contribution in [2.75, 3.05) is 37.3 Å². The van der Waals surface area contributed by atoms with Gasteiger partial charge in [0.15, 0.2) is 0 Å². The zero-order valence-corrected chi connectivity index (χ0v) is 11.8. The van der Waals surface area contributed by atoms with Gasteiger partial charge in [-0.05, 0) is 56.6 Å². The van der Waals surface area contributed by atoms with Crippen LogP contribution in [0.25, 0.3) is 0 Å². The Balaban J connectivity index is 2.05. The number of nitrogen functional groups attached to an aromatic ring is 1. The van der Waals surface area contributed by atoms with Crippen LogP contribution in [0.4, 0.5) is 11.4 Å². The SMILES string of the molecule is CCN1CCCC1CN(C)c1ccc(N)cc1C. The van der Waals surface area contributed by atoms with Crippen molar-refractivity contribution < 1.29 is 0 Å². The van der Waals surface area contributed by atoms with Gasteiger partial charge in [0, 0.05) is 31.0 Å². The van der Waals surface area contributed by atoms with Crippen LogP contribution in [0.2, 0.25) is 0 Å². The Morgan fingerprint density at radius 1 is 1.44 bits per heavy atom. The summed E-state index contributed by atoms with van der Waals surface area (Å²) in [5, 5.41) is 0. The molecule has 1 atom stereocenters. The fourth-order valence-corrected chi connectivity index (χ4v) is 3.04. The number of nitrogens with zero attached hydrogens (tertiary/aromatic N) is 2. The molecule has 1 aromatic rings. The first-order chi connectivity index (χ1) is 8.61. The molecule has 0 aliphatic carbocycles. The van der Waals surface area contributed by atoms with Gasteiger partial charge in [-0.3, -0.25) is 4.90 Å². The summed E-state index contributed by atoms with van der Waals surface area (Å²) in [6, 6.07) is 6.89. The molecule has 1 heterocycles. The maximum Gasteiger partial charge on any atom is 0.0395 e. The van der Waals surface area contributed by atoms with E-state index in [-0.39, 0.29) is 0 Å². The van der Waals surface area contributed by atoms with Crippen molar-refractivity contribution in [3.8, 4) is 0 Å². The lowest BCUT2D eigenvalue weighted by molar-refractivity contribution is 0.270. The second-order valence-electron chi connectivity index (χ2n) is 5.35. The van der Waals surface area contributed by atoms with Gasteiger partial charge < -0.3 is 10.6 Å². The van der Waals surface area contributed by atoms with Crippen LogP contribution in [0, 0.1) is 6.92 Å². The van der Waals surface area contributed by atoms with Gasteiger partial charge in [0.25, 0.3) is 0 Å². The number of hydrogen-bond donors (Lipinski definition) is 1. The molecule has 1 aliphatic heterocycles. The highest BCUT2D eigenvalue weighted by atomic mass is 15.2. The van der Waals surface area contributed by atoms with Crippen molar-refractivity contribution >= 4 is 11.4 Å². The van der Waals surface area contributed by atoms with Crippen molar-refractivity contribution in [3.05, 3.63) is 23.8 Å². The standard InChI is InChI=1S/C15H25N3/c1-4-18-9-5-6-14(18)11-17(3)15-8-7-13(16)10-12(15)2/h7-8,10,14H,4-6,9,11,16H2,1-3H3. The number of anilines is 2. The molecule has 1 aromatic carbocycles. The topological polar surface area (TPSA) is 32.5 Å². The molecule has 2 N–H and O–H groups in total. The van der Waals surface area contributed by atoms with Crippen LogP contribution in [-0.4, -0.2) is 37.6 Å². The van der Waals surface area contributed by atoms with Gasteiger partial charge in [0.1, 0.15) is 0 Å². The van der Waals surface area contributed by atoms with Crippen LogP contribution < -0.4 is 10.6 Å². The van der Waals surface area contributed by atoms with Crippen LogP contribution in [-0.2, 0) is 0 Å². The number of hydrogen-bond acceptors (Lipinski definition) is 3. The Kier molecular flexibility index (Phi) is 4.12. The van der Waals surface area contributed by atoms with Gasteiger partial charge >= 0.3 is 0 Å². The lowest BCUT2D eigenvalue weighted by Gasteiger charge is -2.30. The predicted octanol–water partition coefficient (Wildman–Crippen LogP) is 2.50. The third-order valence-corrected chi connectivity index (χ3v) is 4.02. The summed E-state index contributed by atoms with van der Waals surface area (Å²) >= 11 is 0. The van der Waals surface area contributed by atoms with E-state index in [1.807, 2.05) is 6.07 Å². The lowest BCUT2D eigenvalue weighted by Crippen LogP contribution is -2.38. The molecular formula is C15H25N3. The number of benzene rings is 1. The average Bonchev–Trinajstić information content (AvgIpc) is 2.76. The Labute approximate surface area is 111 Å². The van der Waals surface area contributed by atoms with Crippen LogP contribution in [0.15, 0.2) is 18.2 Å². The molecule has 0 amide bonds. The molecular weight excluding hydrogens is 222 g/mol. The van der Waals surface area contributed by atoms with E-state index in [9.17, 15) is 0 Å². The highest BCUT2D eigenvalue weighted by Gasteiger charge is 2.24. The predicted molar refractivity (Wildman–Crippen MR) is 79.1 cm³/mol. The number of likely N-dealkylation sites (tertiary alicyclic amines) is 1. The van der Waals surface area contributed by atoms with E-state index in [2.05, 4.69) is 42.8 Å². The number of nitrogens with two attached hydrogens (primary N) is 1. The maximum atomic E-state index is 5.81. The summed E-state index contributed by atoms with van der Waals surface area (Å²) in [7, 11) is 2.19. The largest absolute Gasteiger partial charge is 0.399 e. The molecule has 0 bridgehead atoms. The second-order valence-corrected chi connectivity index (χ2v) is 5.35. The van der Waals surface area contributed by atoms with Gasteiger partial charge in [-0.2, -0.15) is 0 Å². The summed E-state index contributed by atoms with van der Waals surface area (Å²) < 4.78 is 0. The van der Waals surface area contributed by atoms with E-state index in [4.69, 9.17) is 5.73 Å². The fourth-order valence-electron chi connectivity index (χ4n) is 3.04. The molecule has 3 heteroatoms. The summed E-state index contributed by atoms with van der Waals surface area (Å²) in [5.74, 6) is 0. The minimum Gasteiger partial charge on any atom is -0.399 e. The van der Waals surface area contributed by atoms with E-state index in [0.717, 1.165) is 12.2 Å². The second kappa shape index (κ2) is 5.61. The van der Waals surface area contributed by atoms with Crippen molar-refractivity contribution in [1.82, 2.24) is 4.90 Å². The first kappa shape index (κ1) is 13.2. The zero-order chi connectivity index (χ0) is 13.1. The Hall–Kier alpha value is -1.22. The van der Waals surface area contributed by atoms with Crippen molar-refractivity contribution in [1.29, 1.82) is 0 Å². The van der Waals surface area contributed by atoms with Crippen LogP contribution in [0.5, 0.6) is 0 Å². The van der Waals surface area contributed by atoms with E-state index >= 15 is 0 Å². The summed E-state index contributed by atoms with van der Waals surface area (Å²) in [4.78, 5) is 4.95. The Morgan fingerprint density at radius 3 is 2.89 bits per heavy atom. The highest BCUT2D eigenvalue weighted by molar-refractivity contribution is 5.58. The quantitative estimate of drug-likeness (QED) is 0.830. The molecule has 0 spiro atoms. The number of likely N-dealkylation sites (N-methyl/N-ethyl adjacent to an activating group) is 2. The number of aryl methyl sites for hydroxylation is 1. The molecule has 1 aliphatic rings. The Bertz CT molecular complexity index is 403. The van der Waals surface area contributed by atoms with E-state index in [1.54, 1.807) is 0 Å². The monoisotopic (exact) mass is 247 g/mol. The molecule has 1 fully saturated rings. The molecule has 100 valence electrons. The molecule has 2 rings (SSSR count). The third kappa shape index (κ3) is 2.78. The normalized spacial score (nSPS) is 20.3. The van der Waals surface area contributed by atoms with Crippen molar-refractivity contribution in [2.45, 2.75) is 32.7 Å². The van der Waals surface area contributed by atoms with Gasteiger partial charge in [0.05, 0.1) is 0 Å². The summed E-state index contributed by atoms with van der Waals surface area (Å²) in [6.07, 6.45) is 2.67. The highest BCUT2D eigenvalue weighted by Crippen LogP contribution is 2.24. The maximum absolute atomic E-state index is 5.81. The van der Waals surface area contributed by atoms with Crippen molar-refractivity contribution in [3.63, 3.8) is 0 Å². The minimum absolute atomic E-state index is 0.706. The van der Waals surface area contributed by atoms with Crippen LogP contribution in [0.1, 0.15) is 25.3 Å². The molecule has 3 nitrogen and oxygen atoms in total. The molecule has 18 heavy (non-hydrogen) atoms. The van der Waals surface area contributed by atoms with E-state index < -0.39 is 0 Å². The van der Waals surface area contributed by atoms with Gasteiger partial charge in [-0.1, -0.05) is 6.92 Å². The molecule has 0 saturated carbocycles. The zero-order valence-electron chi connectivity index (χ0n) is 11.8. The van der Waals surface area contributed by atoms with Gasteiger partial charge in [-0.15, -0.1) is 0 Å². The average molecular weight is 247 g/mol. The molecule has 1 saturated heterocycles. The molecule has 0 radical (unpaired) electrons. The van der Waals surface area contributed by atoms with E-state index in [1.165, 1.54) is 37.2 Å². The first-order valence-electron chi connectivity index (χ1n) is 6.93. The first-order valence-corrected chi connectivity index (χ1v) is 6.93. The lowest BCUT2D eigenvalue weighted by atomic mass is 10.1. The summed E-state index contributed by atoms with van der Waals surface area (Å²) in [5.41, 5.74) is 9.22. The van der Waals surface area contributed by atoms with E-state index in [0.29, 0.717) is 6.04 Å². The molecule has 1 unspecified atom stereocenters. The third-order valence-electron chi connectivity index (χ3n) is 4.02. The smallest absolute Gasteiger partial charge is 0.0395 e. The molecule has 0 aromatic heterocycles. The fraction of sp³-hybridized carbons (Fsp3) is 0.600. The summed E-state index contributed by atoms with van der Waals surface area (Å²) in [6.45, 7) is 7.93. The van der Waals surface area contributed by atoms with Crippen LogP contribution >= 0.6 is 0 Å². The Morgan fingerprint density at radius 2 is 2.22 bits per heavy atom. The van der Waals surface area contributed by atoms with Gasteiger partial charge in [-0.25, -0.2) is 0 Å². The van der Waals surface area contributed by atoms with Crippen LogP contribution in [0.3, 0.4) is 0 Å². The number of rotatable bonds is 4. The van der Waals surface area contributed by atoms with Crippen molar-refractivity contribution in [2.24, 2.45) is 0 Å². The van der Waals surface area contributed by atoms with Gasteiger partial charge in [0.2, 0.25) is 0 Å². The minimum atomic E-state index is 0.706.